The summed E-state index contributed by atoms with van der Waals surface area (Å²) < 4.78 is 26.6. The van der Waals surface area contributed by atoms with Crippen molar-refractivity contribution in [1.82, 2.24) is 19.4 Å². The van der Waals surface area contributed by atoms with E-state index in [9.17, 15) is 13.6 Å². The van der Waals surface area contributed by atoms with Crippen molar-refractivity contribution in [2.45, 2.75) is 25.9 Å². The predicted molar refractivity (Wildman–Crippen MR) is 85.0 cm³/mol. The zero-order valence-corrected chi connectivity index (χ0v) is 13.4. The molecule has 1 amide bonds. The molecule has 8 heteroatoms. The lowest BCUT2D eigenvalue weighted by molar-refractivity contribution is 0.0612. The van der Waals surface area contributed by atoms with Gasteiger partial charge in [-0.05, 0) is 25.0 Å². The number of pyridine rings is 1. The van der Waals surface area contributed by atoms with Gasteiger partial charge in [-0.2, -0.15) is 8.78 Å². The summed E-state index contributed by atoms with van der Waals surface area (Å²) in [6, 6.07) is 3.43. The van der Waals surface area contributed by atoms with Crippen molar-refractivity contribution in [3.05, 3.63) is 42.1 Å². The van der Waals surface area contributed by atoms with Gasteiger partial charge in [0.2, 0.25) is 0 Å². The molecule has 0 N–H and O–H groups in total. The third kappa shape index (κ3) is 3.22. The van der Waals surface area contributed by atoms with E-state index in [-0.39, 0.29) is 18.3 Å². The van der Waals surface area contributed by atoms with Crippen molar-refractivity contribution in [3.63, 3.8) is 0 Å². The van der Waals surface area contributed by atoms with Crippen LogP contribution in [0.5, 0.6) is 0 Å². The Morgan fingerprint density at radius 2 is 2.04 bits per heavy atom. The Morgan fingerprint density at radius 1 is 1.29 bits per heavy atom. The highest BCUT2D eigenvalue weighted by Gasteiger charge is 2.23. The number of imidazole rings is 1. The first-order valence-electron chi connectivity index (χ1n) is 7.83. The van der Waals surface area contributed by atoms with Crippen LogP contribution in [0.15, 0.2) is 30.7 Å². The fourth-order valence-corrected chi connectivity index (χ4v) is 2.88. The average Bonchev–Trinajstić information content (AvgIpc) is 3.25. The fourth-order valence-electron chi connectivity index (χ4n) is 2.88. The SMILES string of the molecule is CN(Cc1nccn1C(F)F)C(=O)c1cccnc1N1CCCC1. The number of nitrogens with zero attached hydrogens (tertiary/aromatic N) is 5. The third-order valence-electron chi connectivity index (χ3n) is 4.11. The first-order chi connectivity index (χ1) is 11.6. The van der Waals surface area contributed by atoms with Gasteiger partial charge in [0.25, 0.3) is 5.91 Å². The minimum atomic E-state index is -2.68. The average molecular weight is 335 g/mol. The standard InChI is InChI=1S/C16H19F2N5O/c1-21(11-13-19-7-10-23(13)16(17)18)15(24)12-5-4-6-20-14(12)22-8-2-3-9-22/h4-7,10,16H,2-3,8-9,11H2,1H3. The van der Waals surface area contributed by atoms with Gasteiger partial charge in [-0.1, -0.05) is 0 Å². The highest BCUT2D eigenvalue weighted by atomic mass is 19.3. The van der Waals surface area contributed by atoms with Crippen molar-refractivity contribution in [3.8, 4) is 0 Å². The Hall–Kier alpha value is -2.51. The number of hydrogen-bond acceptors (Lipinski definition) is 4. The molecular formula is C16H19F2N5O. The van der Waals surface area contributed by atoms with Crippen LogP contribution in [0.2, 0.25) is 0 Å². The number of alkyl halides is 2. The van der Waals surface area contributed by atoms with E-state index in [1.165, 1.54) is 17.3 Å². The van der Waals surface area contributed by atoms with Crippen LogP contribution in [-0.4, -0.2) is 45.5 Å². The van der Waals surface area contributed by atoms with Gasteiger partial charge in [0, 0.05) is 38.7 Å². The molecule has 0 spiro atoms. The molecule has 0 atom stereocenters. The minimum absolute atomic E-state index is 0.00447. The number of amides is 1. The number of anilines is 1. The molecule has 0 bridgehead atoms. The Bertz CT molecular complexity index is 712. The van der Waals surface area contributed by atoms with Gasteiger partial charge in [-0.15, -0.1) is 0 Å². The quantitative estimate of drug-likeness (QED) is 0.843. The van der Waals surface area contributed by atoms with Crippen LogP contribution < -0.4 is 4.90 Å². The van der Waals surface area contributed by atoms with Crippen molar-refractivity contribution < 1.29 is 13.6 Å². The summed E-state index contributed by atoms with van der Waals surface area (Å²) in [5.41, 5.74) is 0.483. The molecule has 1 saturated heterocycles. The topological polar surface area (TPSA) is 54.3 Å². The van der Waals surface area contributed by atoms with Crippen LogP contribution in [0.4, 0.5) is 14.6 Å². The van der Waals surface area contributed by atoms with Gasteiger partial charge in [-0.3, -0.25) is 9.36 Å². The summed E-state index contributed by atoms with van der Waals surface area (Å²) in [7, 11) is 1.58. The maximum atomic E-state index is 12.9. The van der Waals surface area contributed by atoms with Crippen molar-refractivity contribution in [2.24, 2.45) is 0 Å². The van der Waals surface area contributed by atoms with Crippen LogP contribution in [-0.2, 0) is 6.54 Å². The highest BCUT2D eigenvalue weighted by molar-refractivity contribution is 5.98. The van der Waals surface area contributed by atoms with E-state index in [0.717, 1.165) is 30.5 Å². The largest absolute Gasteiger partial charge is 0.356 e. The first-order valence-corrected chi connectivity index (χ1v) is 7.83. The summed E-state index contributed by atoms with van der Waals surface area (Å²) in [4.78, 5) is 24.5. The smallest absolute Gasteiger partial charge is 0.319 e. The monoisotopic (exact) mass is 335 g/mol. The van der Waals surface area contributed by atoms with Crippen molar-refractivity contribution in [1.29, 1.82) is 0 Å². The molecular weight excluding hydrogens is 316 g/mol. The van der Waals surface area contributed by atoms with Gasteiger partial charge >= 0.3 is 6.55 Å². The summed E-state index contributed by atoms with van der Waals surface area (Å²) in [5, 5.41) is 0. The molecule has 6 nitrogen and oxygen atoms in total. The van der Waals surface area contributed by atoms with Crippen molar-refractivity contribution >= 4 is 11.7 Å². The lowest BCUT2D eigenvalue weighted by atomic mass is 10.2. The molecule has 128 valence electrons. The highest BCUT2D eigenvalue weighted by Crippen LogP contribution is 2.23. The summed E-state index contributed by atoms with van der Waals surface area (Å²) in [6.45, 7) is -0.928. The molecule has 2 aromatic heterocycles. The fraction of sp³-hybridized carbons (Fsp3) is 0.438. The molecule has 0 aliphatic carbocycles. The van der Waals surface area contributed by atoms with Gasteiger partial charge in [0.15, 0.2) is 0 Å². The third-order valence-corrected chi connectivity index (χ3v) is 4.11. The molecule has 2 aromatic rings. The second kappa shape index (κ2) is 6.94. The van der Waals surface area contributed by atoms with E-state index in [1.807, 2.05) is 0 Å². The van der Waals surface area contributed by atoms with Crippen molar-refractivity contribution in [2.75, 3.05) is 25.0 Å². The summed E-state index contributed by atoms with van der Waals surface area (Å²) >= 11 is 0. The summed E-state index contributed by atoms with van der Waals surface area (Å²) in [6.07, 6.45) is 6.32. The van der Waals surface area contributed by atoms with Crippen LogP contribution in [0.25, 0.3) is 0 Å². The molecule has 0 unspecified atom stereocenters. The Balaban J connectivity index is 1.80. The van der Waals surface area contributed by atoms with Crippen LogP contribution in [0.1, 0.15) is 35.6 Å². The predicted octanol–water partition coefficient (Wildman–Crippen LogP) is 2.55. The van der Waals surface area contributed by atoms with Crippen LogP contribution in [0, 0.1) is 0 Å². The maximum absolute atomic E-state index is 12.9. The van der Waals surface area contributed by atoms with Crippen LogP contribution in [0.3, 0.4) is 0 Å². The van der Waals surface area contributed by atoms with Gasteiger partial charge in [0.05, 0.1) is 12.1 Å². The lowest BCUT2D eigenvalue weighted by Gasteiger charge is -2.23. The lowest BCUT2D eigenvalue weighted by Crippen LogP contribution is -2.30. The second-order valence-electron chi connectivity index (χ2n) is 5.76. The van der Waals surface area contributed by atoms with E-state index in [4.69, 9.17) is 0 Å². The number of aromatic nitrogens is 3. The maximum Gasteiger partial charge on any atom is 0.319 e. The molecule has 1 fully saturated rings. The Kier molecular flexibility index (Phi) is 4.73. The number of rotatable bonds is 5. The van der Waals surface area contributed by atoms with Gasteiger partial charge < -0.3 is 9.80 Å². The van der Waals surface area contributed by atoms with E-state index < -0.39 is 6.55 Å². The first kappa shape index (κ1) is 16.4. The molecule has 3 rings (SSSR count). The van der Waals surface area contributed by atoms with E-state index in [1.54, 1.807) is 25.4 Å². The zero-order chi connectivity index (χ0) is 17.1. The Morgan fingerprint density at radius 3 is 2.75 bits per heavy atom. The molecule has 0 radical (unpaired) electrons. The molecule has 0 aromatic carbocycles. The molecule has 3 heterocycles. The second-order valence-corrected chi connectivity index (χ2v) is 5.76. The number of hydrogen-bond donors (Lipinski definition) is 0. The van der Waals surface area contributed by atoms with E-state index in [2.05, 4.69) is 14.9 Å². The molecule has 0 saturated carbocycles. The molecule has 24 heavy (non-hydrogen) atoms. The van der Waals surface area contributed by atoms with E-state index >= 15 is 0 Å². The Labute approximate surface area is 138 Å². The number of halogens is 2. The molecule has 1 aliphatic rings. The normalized spacial score (nSPS) is 14.4. The molecule has 1 aliphatic heterocycles. The van der Waals surface area contributed by atoms with E-state index in [0.29, 0.717) is 11.4 Å². The minimum Gasteiger partial charge on any atom is -0.356 e. The number of carbonyl (C=O) groups is 1. The zero-order valence-electron chi connectivity index (χ0n) is 13.4. The number of carbonyl (C=O) groups excluding carboxylic acids is 1. The summed E-state index contributed by atoms with van der Waals surface area (Å²) in [5.74, 6) is 0.547. The van der Waals surface area contributed by atoms with Gasteiger partial charge in [-0.25, -0.2) is 9.97 Å². The van der Waals surface area contributed by atoms with Crippen LogP contribution >= 0.6 is 0 Å². The van der Waals surface area contributed by atoms with Gasteiger partial charge in [0.1, 0.15) is 11.6 Å².